The van der Waals surface area contributed by atoms with Crippen molar-refractivity contribution in [2.24, 2.45) is 5.92 Å². The monoisotopic (exact) mass is 846 g/mol. The fourth-order valence-electron chi connectivity index (χ4n) is 11.2. The van der Waals surface area contributed by atoms with Crippen LogP contribution in [0, 0.1) is 5.92 Å². The van der Waals surface area contributed by atoms with E-state index in [0.29, 0.717) is 0 Å². The van der Waals surface area contributed by atoms with E-state index in [1.807, 2.05) is 0 Å². The molecule has 0 N–H and O–H groups in total. The van der Waals surface area contributed by atoms with Gasteiger partial charge in [0.25, 0.3) is 0 Å². The fraction of sp³-hybridized carbons (Fsp3) is 0.0938. The van der Waals surface area contributed by atoms with Crippen LogP contribution in [0.2, 0.25) is 0 Å². The molecular formula is C64H50N2. The van der Waals surface area contributed by atoms with Crippen LogP contribution in [0.15, 0.2) is 237 Å². The summed E-state index contributed by atoms with van der Waals surface area (Å²) in [5.41, 5.74) is 21.1. The highest BCUT2D eigenvalue weighted by molar-refractivity contribution is 6.16. The van der Waals surface area contributed by atoms with Crippen LogP contribution in [0.5, 0.6) is 0 Å². The van der Waals surface area contributed by atoms with E-state index in [1.165, 1.54) is 94.3 Å². The van der Waals surface area contributed by atoms with Crippen molar-refractivity contribution in [3.63, 3.8) is 0 Å². The van der Waals surface area contributed by atoms with E-state index < -0.39 is 0 Å². The first-order chi connectivity index (χ1) is 32.4. The Morgan fingerprint density at radius 3 is 1.70 bits per heavy atom. The molecule has 1 aromatic heterocycles. The number of nitrogens with zero attached hydrogens (tertiary/aromatic N) is 2. The Morgan fingerprint density at radius 2 is 0.985 bits per heavy atom. The van der Waals surface area contributed by atoms with Crippen LogP contribution < -0.4 is 4.90 Å². The molecule has 2 unspecified atom stereocenters. The maximum Gasteiger partial charge on any atom is 0.0657 e. The Bertz CT molecular complexity index is 3410. The van der Waals surface area contributed by atoms with Gasteiger partial charge in [-0.25, -0.2) is 0 Å². The lowest BCUT2D eigenvalue weighted by Crippen LogP contribution is -2.38. The number of aromatic nitrogens is 1. The molecule has 0 radical (unpaired) electrons. The number of benzene rings is 9. The van der Waals surface area contributed by atoms with Crippen LogP contribution in [-0.4, -0.2) is 10.6 Å². The number of fused-ring (bicyclic) bond motifs is 6. The molecule has 316 valence electrons. The summed E-state index contributed by atoms with van der Waals surface area (Å²) in [6, 6.07) is 80.6. The van der Waals surface area contributed by atoms with Crippen LogP contribution >= 0.6 is 0 Å². The molecule has 0 saturated carbocycles. The molecule has 2 nitrogen and oxygen atoms in total. The molecule has 1 heterocycles. The summed E-state index contributed by atoms with van der Waals surface area (Å²) < 4.78 is 2.53. The highest BCUT2D eigenvalue weighted by Crippen LogP contribution is 2.52. The van der Waals surface area contributed by atoms with Crippen molar-refractivity contribution in [2.75, 3.05) is 4.90 Å². The fourth-order valence-corrected chi connectivity index (χ4v) is 11.2. The zero-order valence-electron chi connectivity index (χ0n) is 37.6. The van der Waals surface area contributed by atoms with Crippen LogP contribution in [0.25, 0.3) is 77.6 Å². The molecule has 0 aliphatic heterocycles. The number of hydrogen-bond acceptors (Lipinski definition) is 1. The second-order valence-electron chi connectivity index (χ2n) is 18.5. The molecular weight excluding hydrogens is 797 g/mol. The standard InChI is InChI=1S/C64H50N2/c1-43-18-14-28-53(63(43)65(50-38-34-46(35-39-50)44-19-6-4-7-20-44)51-40-36-47(37-41-51)45-21-8-5-9-22-45)49-24-15-23-48(42-49)52-27-16-32-59-61(52)56-26-11-13-31-58(56)66(59)60-33-17-29-55-54-25-10-12-30-57(54)64(2,3)62(55)60/h4-43,63H,1-3H3. The predicted octanol–water partition coefficient (Wildman–Crippen LogP) is 16.9. The summed E-state index contributed by atoms with van der Waals surface area (Å²) in [5, 5.41) is 2.53. The van der Waals surface area contributed by atoms with E-state index in [0.717, 1.165) is 11.4 Å². The molecule has 2 aliphatic carbocycles. The quantitative estimate of drug-likeness (QED) is 0.148. The van der Waals surface area contributed by atoms with E-state index in [9.17, 15) is 0 Å². The molecule has 2 heteroatoms. The summed E-state index contributed by atoms with van der Waals surface area (Å²) in [7, 11) is 0. The Labute approximate surface area is 388 Å². The van der Waals surface area contributed by atoms with Gasteiger partial charge in [-0.1, -0.05) is 209 Å². The summed E-state index contributed by atoms with van der Waals surface area (Å²) in [4.78, 5) is 2.56. The molecule has 12 rings (SSSR count). The maximum atomic E-state index is 2.56. The first-order valence-electron chi connectivity index (χ1n) is 23.3. The van der Waals surface area contributed by atoms with Crippen molar-refractivity contribution in [1.29, 1.82) is 0 Å². The molecule has 10 aromatic rings. The van der Waals surface area contributed by atoms with Gasteiger partial charge < -0.3 is 9.47 Å². The SMILES string of the molecule is CC1C=CC=C(c2cccc(-c3cccc4c3c3ccccc3n4-c3cccc4c3C(C)(C)c3ccccc3-4)c2)C1N(c1ccc(-c2ccccc2)cc1)c1ccc(-c2ccccc2)cc1. The Kier molecular flexibility index (Phi) is 9.57. The third kappa shape index (κ3) is 6.47. The molecule has 2 atom stereocenters. The van der Waals surface area contributed by atoms with Crippen LogP contribution in [-0.2, 0) is 5.41 Å². The average molecular weight is 847 g/mol. The highest BCUT2D eigenvalue weighted by Gasteiger charge is 2.38. The molecule has 0 amide bonds. The van der Waals surface area contributed by atoms with Crippen molar-refractivity contribution in [1.82, 2.24) is 4.57 Å². The van der Waals surface area contributed by atoms with Gasteiger partial charge in [-0.05, 0) is 121 Å². The molecule has 2 aliphatic rings. The summed E-state index contributed by atoms with van der Waals surface area (Å²) in [6.45, 7) is 7.13. The highest BCUT2D eigenvalue weighted by atomic mass is 15.2. The van der Waals surface area contributed by atoms with Gasteiger partial charge in [0.15, 0.2) is 0 Å². The number of para-hydroxylation sites is 1. The summed E-state index contributed by atoms with van der Waals surface area (Å²) >= 11 is 0. The van der Waals surface area contributed by atoms with E-state index in [4.69, 9.17) is 0 Å². The van der Waals surface area contributed by atoms with Gasteiger partial charge in [-0.3, -0.25) is 0 Å². The molecule has 9 aromatic carbocycles. The van der Waals surface area contributed by atoms with E-state index in [1.54, 1.807) is 0 Å². The third-order valence-corrected chi connectivity index (χ3v) is 14.3. The van der Waals surface area contributed by atoms with E-state index in [2.05, 4.69) is 267 Å². The average Bonchev–Trinajstić information content (AvgIpc) is 3.84. The van der Waals surface area contributed by atoms with Crippen molar-refractivity contribution < 1.29 is 0 Å². The Morgan fingerprint density at radius 1 is 0.455 bits per heavy atom. The van der Waals surface area contributed by atoms with E-state index >= 15 is 0 Å². The first-order valence-corrected chi connectivity index (χ1v) is 23.3. The van der Waals surface area contributed by atoms with Gasteiger partial charge in [-0.15, -0.1) is 0 Å². The molecule has 0 saturated heterocycles. The number of allylic oxidation sites excluding steroid dienone is 2. The topological polar surface area (TPSA) is 8.17 Å². The predicted molar refractivity (Wildman–Crippen MR) is 280 cm³/mol. The van der Waals surface area contributed by atoms with Crippen molar-refractivity contribution in [3.05, 3.63) is 253 Å². The lowest BCUT2D eigenvalue weighted by atomic mass is 9.81. The van der Waals surface area contributed by atoms with Crippen molar-refractivity contribution >= 4 is 38.8 Å². The second-order valence-corrected chi connectivity index (χ2v) is 18.5. The largest absolute Gasteiger partial charge is 0.333 e. The van der Waals surface area contributed by atoms with Gasteiger partial charge >= 0.3 is 0 Å². The van der Waals surface area contributed by atoms with Gasteiger partial charge in [-0.2, -0.15) is 0 Å². The molecule has 0 fully saturated rings. The summed E-state index contributed by atoms with van der Waals surface area (Å²) in [6.07, 6.45) is 6.96. The third-order valence-electron chi connectivity index (χ3n) is 14.3. The summed E-state index contributed by atoms with van der Waals surface area (Å²) in [5.74, 6) is 0.223. The number of rotatable bonds is 8. The van der Waals surface area contributed by atoms with Gasteiger partial charge in [0.2, 0.25) is 0 Å². The van der Waals surface area contributed by atoms with Crippen molar-refractivity contribution in [2.45, 2.75) is 32.2 Å². The van der Waals surface area contributed by atoms with Gasteiger partial charge in [0.05, 0.1) is 22.8 Å². The smallest absolute Gasteiger partial charge is 0.0657 e. The lowest BCUT2D eigenvalue weighted by molar-refractivity contribution is 0.623. The van der Waals surface area contributed by atoms with Crippen LogP contribution in [0.1, 0.15) is 37.5 Å². The van der Waals surface area contributed by atoms with Crippen LogP contribution in [0.3, 0.4) is 0 Å². The minimum atomic E-state index is -0.149. The van der Waals surface area contributed by atoms with Crippen LogP contribution in [0.4, 0.5) is 11.4 Å². The minimum absolute atomic E-state index is 0.0285. The molecule has 0 bridgehead atoms. The zero-order valence-corrected chi connectivity index (χ0v) is 37.6. The number of hydrogen-bond donors (Lipinski definition) is 0. The van der Waals surface area contributed by atoms with Crippen molar-refractivity contribution in [3.8, 4) is 50.2 Å². The normalized spacial score (nSPS) is 16.0. The second kappa shape index (κ2) is 15.9. The number of anilines is 2. The minimum Gasteiger partial charge on any atom is -0.333 e. The molecule has 66 heavy (non-hydrogen) atoms. The van der Waals surface area contributed by atoms with E-state index in [-0.39, 0.29) is 17.4 Å². The first kappa shape index (κ1) is 39.6. The molecule has 0 spiro atoms. The Balaban J connectivity index is 0.986. The van der Waals surface area contributed by atoms with Gasteiger partial charge in [0, 0.05) is 27.6 Å². The zero-order chi connectivity index (χ0) is 44.4. The van der Waals surface area contributed by atoms with Gasteiger partial charge in [0.1, 0.15) is 0 Å². The maximum absolute atomic E-state index is 2.56. The Hall–Kier alpha value is -7.94. The lowest BCUT2D eigenvalue weighted by Gasteiger charge is -2.40.